The van der Waals surface area contributed by atoms with Gasteiger partial charge in [0.25, 0.3) is 0 Å². The lowest BCUT2D eigenvalue weighted by Gasteiger charge is -2.32. The first kappa shape index (κ1) is 19.0. The minimum atomic E-state index is 0.252. The molecule has 0 atom stereocenters. The second-order valence-corrected chi connectivity index (χ2v) is 8.30. The first-order chi connectivity index (χ1) is 13.8. The Morgan fingerprint density at radius 3 is 2.68 bits per heavy atom. The van der Waals surface area contributed by atoms with Crippen molar-refractivity contribution in [3.05, 3.63) is 30.5 Å². The maximum atomic E-state index is 12.2. The zero-order chi connectivity index (χ0) is 19.2. The number of nitrogens with one attached hydrogen (secondary N) is 2. The number of amides is 1. The standard InChI is InChI=1S/C22H31N5O/c28-22(14-17-6-2-1-3-7-17)24-16-18-9-12-27(13-10-18)21-15-20(25-26-21)19-8-4-5-11-23-19/h4-5,8,11,15,17-18H,1-3,6-7,9-10,12-14,16H2,(H,24,28)(H,25,26). The summed E-state index contributed by atoms with van der Waals surface area (Å²) < 4.78 is 0. The van der Waals surface area contributed by atoms with Crippen molar-refractivity contribution in [2.24, 2.45) is 11.8 Å². The predicted molar refractivity (Wildman–Crippen MR) is 111 cm³/mol. The van der Waals surface area contributed by atoms with Crippen LogP contribution in [0.4, 0.5) is 5.82 Å². The predicted octanol–water partition coefficient (Wildman–Crippen LogP) is 3.77. The number of nitrogens with zero attached hydrogens (tertiary/aromatic N) is 3. The quantitative estimate of drug-likeness (QED) is 0.799. The Morgan fingerprint density at radius 1 is 1.11 bits per heavy atom. The van der Waals surface area contributed by atoms with Crippen molar-refractivity contribution in [3.8, 4) is 11.4 Å². The van der Waals surface area contributed by atoms with Gasteiger partial charge in [-0.15, -0.1) is 0 Å². The maximum absolute atomic E-state index is 12.2. The number of pyridine rings is 1. The molecule has 2 N–H and O–H groups in total. The first-order valence-electron chi connectivity index (χ1n) is 10.8. The number of H-pyrrole nitrogens is 1. The Morgan fingerprint density at radius 2 is 1.93 bits per heavy atom. The largest absolute Gasteiger partial charge is 0.356 e. The number of aromatic nitrogens is 3. The minimum Gasteiger partial charge on any atom is -0.356 e. The number of aromatic amines is 1. The van der Waals surface area contributed by atoms with Crippen LogP contribution in [-0.4, -0.2) is 40.7 Å². The van der Waals surface area contributed by atoms with Crippen LogP contribution in [0.25, 0.3) is 11.4 Å². The van der Waals surface area contributed by atoms with Gasteiger partial charge in [0.2, 0.25) is 5.91 Å². The van der Waals surface area contributed by atoms with Crippen LogP contribution in [0.15, 0.2) is 30.5 Å². The second-order valence-electron chi connectivity index (χ2n) is 8.30. The van der Waals surface area contributed by atoms with Crippen molar-refractivity contribution >= 4 is 11.7 Å². The van der Waals surface area contributed by atoms with Gasteiger partial charge >= 0.3 is 0 Å². The summed E-state index contributed by atoms with van der Waals surface area (Å²) in [6.45, 7) is 2.78. The van der Waals surface area contributed by atoms with Crippen LogP contribution in [0.1, 0.15) is 51.4 Å². The van der Waals surface area contributed by atoms with E-state index < -0.39 is 0 Å². The summed E-state index contributed by atoms with van der Waals surface area (Å²) in [7, 11) is 0. The second kappa shape index (κ2) is 9.22. The van der Waals surface area contributed by atoms with E-state index in [-0.39, 0.29) is 5.91 Å². The third kappa shape index (κ3) is 4.91. The highest BCUT2D eigenvalue weighted by Gasteiger charge is 2.22. The van der Waals surface area contributed by atoms with E-state index in [9.17, 15) is 4.79 Å². The highest BCUT2D eigenvalue weighted by atomic mass is 16.1. The molecule has 28 heavy (non-hydrogen) atoms. The molecule has 6 nitrogen and oxygen atoms in total. The van der Waals surface area contributed by atoms with Crippen molar-refractivity contribution in [2.75, 3.05) is 24.5 Å². The monoisotopic (exact) mass is 381 g/mol. The summed E-state index contributed by atoms with van der Waals surface area (Å²) in [6, 6.07) is 7.96. The highest BCUT2D eigenvalue weighted by Crippen LogP contribution is 2.27. The lowest BCUT2D eigenvalue weighted by atomic mass is 9.87. The molecule has 1 aliphatic heterocycles. The van der Waals surface area contributed by atoms with Crippen molar-refractivity contribution in [1.82, 2.24) is 20.5 Å². The molecule has 2 fully saturated rings. The molecule has 1 saturated carbocycles. The Balaban J connectivity index is 1.20. The van der Waals surface area contributed by atoms with Gasteiger partial charge in [-0.1, -0.05) is 25.3 Å². The number of carbonyl (C=O) groups is 1. The van der Waals surface area contributed by atoms with Crippen LogP contribution < -0.4 is 10.2 Å². The Hall–Kier alpha value is -2.37. The van der Waals surface area contributed by atoms with Gasteiger partial charge in [-0.25, -0.2) is 0 Å². The van der Waals surface area contributed by atoms with Crippen molar-refractivity contribution in [1.29, 1.82) is 0 Å². The third-order valence-electron chi connectivity index (χ3n) is 6.23. The molecule has 1 aliphatic carbocycles. The molecule has 1 saturated heterocycles. The lowest BCUT2D eigenvalue weighted by Crippen LogP contribution is -2.39. The molecule has 3 heterocycles. The van der Waals surface area contributed by atoms with Crippen LogP contribution in [-0.2, 0) is 4.79 Å². The molecule has 0 bridgehead atoms. The zero-order valence-corrected chi connectivity index (χ0v) is 16.6. The number of rotatable bonds is 6. The van der Waals surface area contributed by atoms with Gasteiger partial charge in [-0.05, 0) is 49.7 Å². The molecule has 0 spiro atoms. The van der Waals surface area contributed by atoms with E-state index in [4.69, 9.17) is 0 Å². The summed E-state index contributed by atoms with van der Waals surface area (Å²) in [6.07, 6.45) is 11.1. The number of anilines is 1. The summed E-state index contributed by atoms with van der Waals surface area (Å²) in [4.78, 5) is 18.9. The van der Waals surface area contributed by atoms with Crippen LogP contribution in [0.2, 0.25) is 0 Å². The number of hydrogen-bond acceptors (Lipinski definition) is 4. The topological polar surface area (TPSA) is 73.9 Å². The molecule has 0 unspecified atom stereocenters. The van der Waals surface area contributed by atoms with E-state index >= 15 is 0 Å². The fraction of sp³-hybridized carbons (Fsp3) is 0.591. The SMILES string of the molecule is O=C(CC1CCCCC1)NCC1CCN(c2cc(-c3ccccn3)[nH]n2)CC1. The summed E-state index contributed by atoms with van der Waals surface area (Å²) in [5.74, 6) is 2.42. The molecule has 0 aromatic carbocycles. The third-order valence-corrected chi connectivity index (χ3v) is 6.23. The summed E-state index contributed by atoms with van der Waals surface area (Å²) >= 11 is 0. The van der Waals surface area contributed by atoms with Crippen LogP contribution in [0, 0.1) is 11.8 Å². The molecular weight excluding hydrogens is 350 g/mol. The van der Waals surface area contributed by atoms with Crippen LogP contribution >= 0.6 is 0 Å². The fourth-order valence-corrected chi connectivity index (χ4v) is 4.48. The van der Waals surface area contributed by atoms with Crippen LogP contribution in [0.5, 0.6) is 0 Å². The molecular formula is C22H31N5O. The molecule has 6 heteroatoms. The van der Waals surface area contributed by atoms with Crippen molar-refractivity contribution in [2.45, 2.75) is 51.4 Å². The van der Waals surface area contributed by atoms with Gasteiger partial charge in [-0.2, -0.15) is 5.10 Å². The molecule has 4 rings (SSSR count). The fourth-order valence-electron chi connectivity index (χ4n) is 4.48. The van der Waals surface area contributed by atoms with E-state index in [1.807, 2.05) is 18.2 Å². The van der Waals surface area contributed by atoms with E-state index in [1.165, 1.54) is 32.1 Å². The first-order valence-corrected chi connectivity index (χ1v) is 10.8. The van der Waals surface area contributed by atoms with Gasteiger partial charge in [-0.3, -0.25) is 14.9 Å². The van der Waals surface area contributed by atoms with Gasteiger partial charge in [0.15, 0.2) is 5.82 Å². The van der Waals surface area contributed by atoms with Gasteiger partial charge < -0.3 is 10.2 Å². The summed E-state index contributed by atoms with van der Waals surface area (Å²) in [5, 5.41) is 10.8. The molecule has 2 aliphatic rings. The van der Waals surface area contributed by atoms with E-state index in [0.717, 1.165) is 56.1 Å². The molecule has 1 amide bonds. The molecule has 2 aromatic heterocycles. The average Bonchev–Trinajstić information content (AvgIpc) is 3.24. The van der Waals surface area contributed by atoms with Gasteiger partial charge in [0.1, 0.15) is 0 Å². The van der Waals surface area contributed by atoms with Gasteiger partial charge in [0, 0.05) is 38.3 Å². The summed E-state index contributed by atoms with van der Waals surface area (Å²) in [5.41, 5.74) is 1.87. The zero-order valence-electron chi connectivity index (χ0n) is 16.6. The van der Waals surface area contributed by atoms with Crippen LogP contribution in [0.3, 0.4) is 0 Å². The van der Waals surface area contributed by atoms with Gasteiger partial charge in [0.05, 0.1) is 11.4 Å². The Kier molecular flexibility index (Phi) is 6.24. The Bertz CT molecular complexity index is 745. The lowest BCUT2D eigenvalue weighted by molar-refractivity contribution is -0.122. The molecule has 150 valence electrons. The van der Waals surface area contributed by atoms with Crippen molar-refractivity contribution in [3.63, 3.8) is 0 Å². The average molecular weight is 382 g/mol. The van der Waals surface area contributed by atoms with E-state index in [2.05, 4.69) is 31.5 Å². The maximum Gasteiger partial charge on any atom is 0.220 e. The normalized spacial score (nSPS) is 18.9. The Labute approximate surface area is 167 Å². The smallest absolute Gasteiger partial charge is 0.220 e. The van der Waals surface area contributed by atoms with E-state index in [0.29, 0.717) is 11.8 Å². The minimum absolute atomic E-state index is 0.252. The number of hydrogen-bond donors (Lipinski definition) is 2. The molecule has 0 radical (unpaired) electrons. The number of piperidine rings is 1. The molecule has 2 aromatic rings. The number of carbonyl (C=O) groups excluding carboxylic acids is 1. The highest BCUT2D eigenvalue weighted by molar-refractivity contribution is 5.76. The van der Waals surface area contributed by atoms with Crippen molar-refractivity contribution < 1.29 is 4.79 Å². The van der Waals surface area contributed by atoms with E-state index in [1.54, 1.807) is 6.20 Å².